The van der Waals surface area contributed by atoms with Crippen molar-refractivity contribution in [2.45, 2.75) is 13.5 Å². The predicted octanol–water partition coefficient (Wildman–Crippen LogP) is 3.27. The standard InChI is InChI=1S/C14H15BrN2O2S2/c1-9-3-4-10(20-9)7-16-13(18)8-17(2)14(19)11-5-6-12(15)21-11/h3-6H,7-8H2,1-2H3,(H,16,18). The molecule has 0 aliphatic carbocycles. The van der Waals surface area contributed by atoms with Crippen LogP contribution in [0, 0.1) is 6.92 Å². The van der Waals surface area contributed by atoms with Gasteiger partial charge < -0.3 is 10.2 Å². The van der Waals surface area contributed by atoms with Gasteiger partial charge in [-0.05, 0) is 47.1 Å². The van der Waals surface area contributed by atoms with Gasteiger partial charge in [0.1, 0.15) is 0 Å². The van der Waals surface area contributed by atoms with Crippen LogP contribution in [0.2, 0.25) is 0 Å². The lowest BCUT2D eigenvalue weighted by atomic mass is 10.4. The van der Waals surface area contributed by atoms with Gasteiger partial charge >= 0.3 is 0 Å². The summed E-state index contributed by atoms with van der Waals surface area (Å²) in [5.74, 6) is -0.305. The van der Waals surface area contributed by atoms with Crippen molar-refractivity contribution in [1.82, 2.24) is 10.2 Å². The number of halogens is 1. The Bertz CT molecular complexity index is 651. The summed E-state index contributed by atoms with van der Waals surface area (Å²) in [6, 6.07) is 7.60. The Morgan fingerprint density at radius 2 is 2.00 bits per heavy atom. The van der Waals surface area contributed by atoms with E-state index in [1.807, 2.05) is 25.1 Å². The number of carbonyl (C=O) groups is 2. The maximum absolute atomic E-state index is 12.1. The Morgan fingerprint density at radius 3 is 2.57 bits per heavy atom. The number of thiophene rings is 2. The Balaban J connectivity index is 1.83. The highest BCUT2D eigenvalue weighted by Crippen LogP contribution is 2.23. The lowest BCUT2D eigenvalue weighted by Gasteiger charge is -2.15. The van der Waals surface area contributed by atoms with Crippen LogP contribution in [0.15, 0.2) is 28.1 Å². The Kier molecular flexibility index (Phi) is 5.55. The summed E-state index contributed by atoms with van der Waals surface area (Å²) in [7, 11) is 1.63. The summed E-state index contributed by atoms with van der Waals surface area (Å²) in [6.45, 7) is 2.59. The SMILES string of the molecule is Cc1ccc(CNC(=O)CN(C)C(=O)c2ccc(Br)s2)s1. The minimum atomic E-state index is -0.160. The monoisotopic (exact) mass is 386 g/mol. The molecule has 0 spiro atoms. The van der Waals surface area contributed by atoms with Crippen LogP contribution in [0.4, 0.5) is 0 Å². The Hall–Kier alpha value is -1.18. The highest BCUT2D eigenvalue weighted by molar-refractivity contribution is 9.11. The van der Waals surface area contributed by atoms with Crippen molar-refractivity contribution in [1.29, 1.82) is 0 Å². The summed E-state index contributed by atoms with van der Waals surface area (Å²) >= 11 is 6.34. The fourth-order valence-corrected chi connectivity index (χ4v) is 3.94. The van der Waals surface area contributed by atoms with Crippen molar-refractivity contribution in [3.63, 3.8) is 0 Å². The van der Waals surface area contributed by atoms with Crippen LogP contribution < -0.4 is 5.32 Å². The average molecular weight is 387 g/mol. The van der Waals surface area contributed by atoms with E-state index >= 15 is 0 Å². The third kappa shape index (κ3) is 4.66. The van der Waals surface area contributed by atoms with Gasteiger partial charge in [-0.2, -0.15) is 0 Å². The van der Waals surface area contributed by atoms with Crippen molar-refractivity contribution >= 4 is 50.4 Å². The zero-order valence-electron chi connectivity index (χ0n) is 11.7. The summed E-state index contributed by atoms with van der Waals surface area (Å²) in [4.78, 5) is 28.3. The molecule has 0 unspecified atom stereocenters. The molecule has 0 atom stereocenters. The molecule has 4 nitrogen and oxygen atoms in total. The van der Waals surface area contributed by atoms with Crippen LogP contribution in [0.3, 0.4) is 0 Å². The van der Waals surface area contributed by atoms with E-state index in [4.69, 9.17) is 0 Å². The molecule has 7 heteroatoms. The molecule has 2 amide bonds. The first kappa shape index (κ1) is 16.2. The number of nitrogens with zero attached hydrogens (tertiary/aromatic N) is 1. The number of hydrogen-bond acceptors (Lipinski definition) is 4. The van der Waals surface area contributed by atoms with E-state index in [-0.39, 0.29) is 18.4 Å². The van der Waals surface area contributed by atoms with Crippen LogP contribution in [0.1, 0.15) is 19.4 Å². The van der Waals surface area contributed by atoms with Crippen molar-refractivity contribution < 1.29 is 9.59 Å². The van der Waals surface area contributed by atoms with E-state index < -0.39 is 0 Å². The number of rotatable bonds is 5. The minimum Gasteiger partial charge on any atom is -0.350 e. The molecule has 2 heterocycles. The molecule has 1 N–H and O–H groups in total. The molecule has 0 saturated carbocycles. The third-order valence-electron chi connectivity index (χ3n) is 2.77. The fraction of sp³-hybridized carbons (Fsp3) is 0.286. The lowest BCUT2D eigenvalue weighted by molar-refractivity contribution is -0.121. The van der Waals surface area contributed by atoms with E-state index in [2.05, 4.69) is 21.2 Å². The topological polar surface area (TPSA) is 49.4 Å². The molecular weight excluding hydrogens is 372 g/mol. The minimum absolute atomic E-state index is 0.0543. The first-order valence-corrected chi connectivity index (χ1v) is 8.71. The van der Waals surface area contributed by atoms with Gasteiger partial charge in [-0.1, -0.05) is 0 Å². The molecule has 0 saturated heterocycles. The second kappa shape index (κ2) is 7.20. The third-order valence-corrected chi connectivity index (χ3v) is 5.38. The highest BCUT2D eigenvalue weighted by Gasteiger charge is 2.16. The van der Waals surface area contributed by atoms with Crippen LogP contribution in [-0.2, 0) is 11.3 Å². The van der Waals surface area contributed by atoms with Crippen molar-refractivity contribution in [2.75, 3.05) is 13.6 Å². The largest absolute Gasteiger partial charge is 0.350 e. The van der Waals surface area contributed by atoms with Gasteiger partial charge in [-0.25, -0.2) is 0 Å². The van der Waals surface area contributed by atoms with Gasteiger partial charge in [0, 0.05) is 16.8 Å². The molecule has 112 valence electrons. The zero-order valence-corrected chi connectivity index (χ0v) is 14.9. The van der Waals surface area contributed by atoms with Gasteiger partial charge in [0.2, 0.25) is 5.91 Å². The van der Waals surface area contributed by atoms with E-state index in [1.54, 1.807) is 24.5 Å². The molecular formula is C14H15BrN2O2S2. The first-order chi connectivity index (χ1) is 9.95. The van der Waals surface area contributed by atoms with Crippen LogP contribution >= 0.6 is 38.6 Å². The molecule has 2 aromatic heterocycles. The molecule has 0 bridgehead atoms. The molecule has 0 fully saturated rings. The second-order valence-electron chi connectivity index (χ2n) is 4.55. The molecule has 21 heavy (non-hydrogen) atoms. The number of hydrogen-bond donors (Lipinski definition) is 1. The maximum atomic E-state index is 12.1. The van der Waals surface area contributed by atoms with Gasteiger partial charge in [-0.3, -0.25) is 9.59 Å². The summed E-state index contributed by atoms with van der Waals surface area (Å²) in [5.41, 5.74) is 0. The summed E-state index contributed by atoms with van der Waals surface area (Å²) in [5, 5.41) is 2.83. The quantitative estimate of drug-likeness (QED) is 0.856. The van der Waals surface area contributed by atoms with Crippen LogP contribution in [0.25, 0.3) is 0 Å². The van der Waals surface area contributed by atoms with Crippen LogP contribution in [-0.4, -0.2) is 30.3 Å². The molecule has 0 aliphatic rings. The van der Waals surface area contributed by atoms with Crippen molar-refractivity contribution in [3.8, 4) is 0 Å². The van der Waals surface area contributed by atoms with Crippen molar-refractivity contribution in [2.24, 2.45) is 0 Å². The van der Waals surface area contributed by atoms with E-state index in [1.165, 1.54) is 21.1 Å². The number of aryl methyl sites for hydroxylation is 1. The first-order valence-electron chi connectivity index (χ1n) is 6.28. The number of carbonyl (C=O) groups excluding carboxylic acids is 2. The van der Waals surface area contributed by atoms with E-state index in [0.29, 0.717) is 11.4 Å². The summed E-state index contributed by atoms with van der Waals surface area (Å²) < 4.78 is 0.900. The van der Waals surface area contributed by atoms with Gasteiger partial charge in [0.15, 0.2) is 0 Å². The number of amides is 2. The van der Waals surface area contributed by atoms with Crippen LogP contribution in [0.5, 0.6) is 0 Å². The zero-order chi connectivity index (χ0) is 15.4. The second-order valence-corrected chi connectivity index (χ2v) is 8.39. The Morgan fingerprint density at radius 1 is 1.24 bits per heavy atom. The number of likely N-dealkylation sites (N-methyl/N-ethyl adjacent to an activating group) is 1. The van der Waals surface area contributed by atoms with Crippen molar-refractivity contribution in [3.05, 3.63) is 42.7 Å². The summed E-state index contributed by atoms with van der Waals surface area (Å²) in [6.07, 6.45) is 0. The fourth-order valence-electron chi connectivity index (χ4n) is 1.73. The molecule has 0 aliphatic heterocycles. The smallest absolute Gasteiger partial charge is 0.264 e. The average Bonchev–Trinajstić information content (AvgIpc) is 3.04. The molecule has 2 rings (SSSR count). The maximum Gasteiger partial charge on any atom is 0.264 e. The molecule has 0 aromatic carbocycles. The lowest BCUT2D eigenvalue weighted by Crippen LogP contribution is -2.37. The van der Waals surface area contributed by atoms with Gasteiger partial charge in [-0.15, -0.1) is 22.7 Å². The highest BCUT2D eigenvalue weighted by atomic mass is 79.9. The Labute approximate surface area is 139 Å². The molecule has 0 radical (unpaired) electrons. The predicted molar refractivity (Wildman–Crippen MR) is 89.9 cm³/mol. The normalized spacial score (nSPS) is 10.4. The number of nitrogens with one attached hydrogen (secondary N) is 1. The van der Waals surface area contributed by atoms with E-state index in [0.717, 1.165) is 8.66 Å². The van der Waals surface area contributed by atoms with E-state index in [9.17, 15) is 9.59 Å². The van der Waals surface area contributed by atoms with Gasteiger partial charge in [0.05, 0.1) is 21.8 Å². The molecule has 2 aromatic rings. The van der Waals surface area contributed by atoms with Gasteiger partial charge in [0.25, 0.3) is 5.91 Å².